The Morgan fingerprint density at radius 2 is 2.06 bits per heavy atom. The van der Waals surface area contributed by atoms with Crippen LogP contribution in [0.25, 0.3) is 0 Å². The van der Waals surface area contributed by atoms with Crippen molar-refractivity contribution in [2.45, 2.75) is 37.7 Å². The van der Waals surface area contributed by atoms with Gasteiger partial charge in [0.15, 0.2) is 0 Å². The Labute approximate surface area is 96.8 Å². The molecule has 4 nitrogen and oxygen atoms in total. The molecule has 16 heavy (non-hydrogen) atoms. The van der Waals surface area contributed by atoms with Crippen molar-refractivity contribution in [1.82, 2.24) is 10.6 Å². The van der Waals surface area contributed by atoms with Crippen molar-refractivity contribution < 1.29 is 9.90 Å². The Bertz CT molecular complexity index is 265. The normalized spacial score (nSPS) is 18.8. The SMILES string of the molecule is C#CCNCC(=O)NCC1(O)CCCCC1. The number of nitrogens with one attached hydrogen (secondary N) is 2. The summed E-state index contributed by atoms with van der Waals surface area (Å²) in [4.78, 5) is 11.3. The summed E-state index contributed by atoms with van der Waals surface area (Å²) in [5, 5.41) is 15.7. The first-order valence-corrected chi connectivity index (χ1v) is 5.79. The molecule has 0 aromatic carbocycles. The first-order valence-electron chi connectivity index (χ1n) is 5.79. The average molecular weight is 224 g/mol. The number of amides is 1. The molecule has 0 aromatic heterocycles. The smallest absolute Gasteiger partial charge is 0.234 e. The maximum Gasteiger partial charge on any atom is 0.234 e. The first kappa shape index (κ1) is 13.0. The summed E-state index contributed by atoms with van der Waals surface area (Å²) in [6, 6.07) is 0. The van der Waals surface area contributed by atoms with Gasteiger partial charge in [0.1, 0.15) is 0 Å². The van der Waals surface area contributed by atoms with Crippen LogP contribution in [0.1, 0.15) is 32.1 Å². The molecule has 0 radical (unpaired) electrons. The van der Waals surface area contributed by atoms with Crippen LogP contribution in [0, 0.1) is 12.3 Å². The fourth-order valence-electron chi connectivity index (χ4n) is 1.96. The minimum Gasteiger partial charge on any atom is -0.388 e. The molecule has 0 saturated heterocycles. The molecule has 1 aliphatic rings. The van der Waals surface area contributed by atoms with Gasteiger partial charge in [-0.25, -0.2) is 0 Å². The quantitative estimate of drug-likeness (QED) is 0.456. The summed E-state index contributed by atoms with van der Waals surface area (Å²) in [6.07, 6.45) is 9.88. The highest BCUT2D eigenvalue weighted by Crippen LogP contribution is 2.27. The molecule has 1 saturated carbocycles. The number of carbonyl (C=O) groups is 1. The monoisotopic (exact) mass is 224 g/mol. The Hall–Kier alpha value is -1.05. The fourth-order valence-corrected chi connectivity index (χ4v) is 1.96. The molecular weight excluding hydrogens is 204 g/mol. The molecule has 0 heterocycles. The van der Waals surface area contributed by atoms with Crippen LogP contribution >= 0.6 is 0 Å². The molecule has 0 aliphatic heterocycles. The van der Waals surface area contributed by atoms with Gasteiger partial charge in [0, 0.05) is 6.54 Å². The lowest BCUT2D eigenvalue weighted by Crippen LogP contribution is -2.46. The molecule has 0 bridgehead atoms. The summed E-state index contributed by atoms with van der Waals surface area (Å²) in [5.74, 6) is 2.28. The zero-order chi connectivity index (χ0) is 11.9. The minimum absolute atomic E-state index is 0.116. The van der Waals surface area contributed by atoms with Crippen molar-refractivity contribution in [2.75, 3.05) is 19.6 Å². The summed E-state index contributed by atoms with van der Waals surface area (Å²) < 4.78 is 0. The van der Waals surface area contributed by atoms with Crippen LogP contribution in [0.3, 0.4) is 0 Å². The van der Waals surface area contributed by atoms with Crippen LogP contribution in [0.4, 0.5) is 0 Å². The summed E-state index contributed by atoms with van der Waals surface area (Å²) in [5.41, 5.74) is -0.694. The van der Waals surface area contributed by atoms with Gasteiger partial charge in [-0.3, -0.25) is 10.1 Å². The van der Waals surface area contributed by atoms with Crippen LogP contribution in [0.15, 0.2) is 0 Å². The number of rotatable bonds is 5. The van der Waals surface area contributed by atoms with Gasteiger partial charge in [0.25, 0.3) is 0 Å². The van der Waals surface area contributed by atoms with Gasteiger partial charge in [-0.2, -0.15) is 0 Å². The zero-order valence-corrected chi connectivity index (χ0v) is 9.59. The Kier molecular flexibility index (Phi) is 5.30. The number of aliphatic hydroxyl groups is 1. The third-order valence-corrected chi connectivity index (χ3v) is 2.91. The highest BCUT2D eigenvalue weighted by atomic mass is 16.3. The van der Waals surface area contributed by atoms with E-state index in [0.29, 0.717) is 13.1 Å². The van der Waals surface area contributed by atoms with E-state index in [9.17, 15) is 9.90 Å². The molecule has 0 spiro atoms. The minimum atomic E-state index is -0.694. The predicted molar refractivity (Wildman–Crippen MR) is 62.7 cm³/mol. The largest absolute Gasteiger partial charge is 0.388 e. The van der Waals surface area contributed by atoms with Crippen LogP contribution in [0.2, 0.25) is 0 Å². The lowest BCUT2D eigenvalue weighted by atomic mass is 9.85. The van der Waals surface area contributed by atoms with E-state index in [1.165, 1.54) is 6.42 Å². The average Bonchev–Trinajstić information content (AvgIpc) is 2.28. The highest BCUT2D eigenvalue weighted by Gasteiger charge is 2.29. The van der Waals surface area contributed by atoms with Gasteiger partial charge in [0.2, 0.25) is 5.91 Å². The van der Waals surface area contributed by atoms with Gasteiger partial charge in [0.05, 0.1) is 18.7 Å². The maximum absolute atomic E-state index is 11.3. The zero-order valence-electron chi connectivity index (χ0n) is 9.59. The number of terminal acetylenes is 1. The van der Waals surface area contributed by atoms with Gasteiger partial charge in [-0.05, 0) is 12.8 Å². The topological polar surface area (TPSA) is 61.4 Å². The molecule has 0 unspecified atom stereocenters. The van der Waals surface area contributed by atoms with Crippen molar-refractivity contribution in [3.8, 4) is 12.3 Å². The predicted octanol–water partition coefficient (Wildman–Crippen LogP) is 0.0206. The summed E-state index contributed by atoms with van der Waals surface area (Å²) in [6.45, 7) is 0.946. The van der Waals surface area contributed by atoms with Crippen LogP contribution in [-0.2, 0) is 4.79 Å². The molecule has 1 fully saturated rings. The summed E-state index contributed by atoms with van der Waals surface area (Å²) >= 11 is 0. The fraction of sp³-hybridized carbons (Fsp3) is 0.750. The Morgan fingerprint density at radius 1 is 1.38 bits per heavy atom. The van der Waals surface area contributed by atoms with Crippen molar-refractivity contribution in [1.29, 1.82) is 0 Å². The van der Waals surface area contributed by atoms with E-state index in [1.54, 1.807) is 0 Å². The Balaban J connectivity index is 2.17. The molecule has 1 aliphatic carbocycles. The van der Waals surface area contributed by atoms with E-state index < -0.39 is 5.60 Å². The van der Waals surface area contributed by atoms with Crippen molar-refractivity contribution in [3.63, 3.8) is 0 Å². The molecule has 0 atom stereocenters. The van der Waals surface area contributed by atoms with Crippen molar-refractivity contribution >= 4 is 5.91 Å². The van der Waals surface area contributed by atoms with Crippen LogP contribution in [0.5, 0.6) is 0 Å². The van der Waals surface area contributed by atoms with Gasteiger partial charge in [-0.15, -0.1) is 6.42 Å². The van der Waals surface area contributed by atoms with Crippen molar-refractivity contribution in [2.24, 2.45) is 0 Å². The number of hydrogen-bond acceptors (Lipinski definition) is 3. The van der Waals surface area contributed by atoms with E-state index in [4.69, 9.17) is 6.42 Å². The molecule has 4 heteroatoms. The molecule has 0 aromatic rings. The third-order valence-electron chi connectivity index (χ3n) is 2.91. The standard InChI is InChI=1S/C12H20N2O2/c1-2-8-13-9-11(15)14-10-12(16)6-4-3-5-7-12/h1,13,16H,3-10H2,(H,14,15). The molecule has 1 amide bonds. The van der Waals surface area contributed by atoms with E-state index in [1.807, 2.05) is 0 Å². The van der Waals surface area contributed by atoms with E-state index >= 15 is 0 Å². The third kappa shape index (κ3) is 4.65. The lowest BCUT2D eigenvalue weighted by molar-refractivity contribution is -0.121. The number of carbonyl (C=O) groups excluding carboxylic acids is 1. The van der Waals surface area contributed by atoms with Crippen LogP contribution in [-0.4, -0.2) is 36.2 Å². The molecule has 90 valence electrons. The second kappa shape index (κ2) is 6.51. The number of hydrogen-bond donors (Lipinski definition) is 3. The van der Waals surface area contributed by atoms with Crippen molar-refractivity contribution in [3.05, 3.63) is 0 Å². The van der Waals surface area contributed by atoms with E-state index in [-0.39, 0.29) is 12.5 Å². The van der Waals surface area contributed by atoms with Gasteiger partial charge < -0.3 is 10.4 Å². The maximum atomic E-state index is 11.3. The molecule has 3 N–H and O–H groups in total. The highest BCUT2D eigenvalue weighted by molar-refractivity contribution is 5.78. The van der Waals surface area contributed by atoms with E-state index in [2.05, 4.69) is 16.6 Å². The molecular formula is C12H20N2O2. The van der Waals surface area contributed by atoms with Crippen LogP contribution < -0.4 is 10.6 Å². The molecule has 1 rings (SSSR count). The second-order valence-corrected chi connectivity index (χ2v) is 4.37. The Morgan fingerprint density at radius 3 is 2.69 bits per heavy atom. The lowest BCUT2D eigenvalue weighted by Gasteiger charge is -2.32. The first-order chi connectivity index (χ1) is 7.66. The summed E-state index contributed by atoms with van der Waals surface area (Å²) in [7, 11) is 0. The van der Waals surface area contributed by atoms with E-state index in [0.717, 1.165) is 25.7 Å². The van der Waals surface area contributed by atoms with Gasteiger partial charge >= 0.3 is 0 Å². The van der Waals surface area contributed by atoms with Gasteiger partial charge in [-0.1, -0.05) is 25.2 Å². The second-order valence-electron chi connectivity index (χ2n) is 4.37.